The third kappa shape index (κ3) is 3.62. The van der Waals surface area contributed by atoms with Crippen molar-refractivity contribution in [3.8, 4) is 0 Å². The maximum atomic E-state index is 11.9. The first-order chi connectivity index (χ1) is 9.47. The van der Waals surface area contributed by atoms with Crippen LogP contribution in [-0.4, -0.2) is 66.7 Å². The van der Waals surface area contributed by atoms with E-state index in [0.717, 1.165) is 25.8 Å². The summed E-state index contributed by atoms with van der Waals surface area (Å²) in [6.07, 6.45) is 2.33. The molecule has 2 aliphatic heterocycles. The molecule has 1 atom stereocenters. The van der Waals surface area contributed by atoms with Crippen LogP contribution in [0.15, 0.2) is 0 Å². The third-order valence-corrected chi connectivity index (χ3v) is 3.95. The second-order valence-electron chi connectivity index (χ2n) is 5.96. The Bertz CT molecular complexity index is 365. The molecule has 2 amide bonds. The van der Waals surface area contributed by atoms with E-state index in [1.54, 1.807) is 9.80 Å². The van der Waals surface area contributed by atoms with E-state index in [9.17, 15) is 9.59 Å². The largest absolute Gasteiger partial charge is 0.447 e. The number of piperidine rings is 1. The monoisotopic (exact) mass is 283 g/mol. The molecule has 2 aliphatic rings. The standard InChI is InChI=1S/C14H25N3O3/c1-10(2)20-14(19)17-8-4-11(5-9-17)15-12-6-7-16(3)13(12)18/h10-12,15H,4-9H2,1-3H3/t12-/m0/s1. The SMILES string of the molecule is CC(C)OC(=O)N1CCC(N[C@H]2CCN(C)C2=O)CC1. The Morgan fingerprint density at radius 1 is 1.25 bits per heavy atom. The lowest BCUT2D eigenvalue weighted by molar-refractivity contribution is -0.128. The van der Waals surface area contributed by atoms with Crippen LogP contribution >= 0.6 is 0 Å². The van der Waals surface area contributed by atoms with Gasteiger partial charge in [0.15, 0.2) is 0 Å². The number of carbonyl (C=O) groups excluding carboxylic acids is 2. The minimum absolute atomic E-state index is 0.0424. The molecule has 2 fully saturated rings. The average Bonchev–Trinajstić information content (AvgIpc) is 2.71. The Hall–Kier alpha value is -1.30. The molecule has 1 N–H and O–H groups in total. The van der Waals surface area contributed by atoms with E-state index < -0.39 is 0 Å². The van der Waals surface area contributed by atoms with Gasteiger partial charge in [-0.25, -0.2) is 4.79 Å². The van der Waals surface area contributed by atoms with Crippen LogP contribution in [0.25, 0.3) is 0 Å². The summed E-state index contributed by atoms with van der Waals surface area (Å²) in [5, 5.41) is 3.43. The Balaban J connectivity index is 1.74. The van der Waals surface area contributed by atoms with Crippen molar-refractivity contribution in [2.24, 2.45) is 0 Å². The summed E-state index contributed by atoms with van der Waals surface area (Å²) in [5.74, 6) is 0.187. The summed E-state index contributed by atoms with van der Waals surface area (Å²) in [6.45, 7) is 5.93. The number of carbonyl (C=O) groups is 2. The van der Waals surface area contributed by atoms with Crippen molar-refractivity contribution in [2.75, 3.05) is 26.7 Å². The van der Waals surface area contributed by atoms with Crippen molar-refractivity contribution >= 4 is 12.0 Å². The lowest BCUT2D eigenvalue weighted by Gasteiger charge is -2.33. The Morgan fingerprint density at radius 3 is 2.40 bits per heavy atom. The lowest BCUT2D eigenvalue weighted by atomic mass is 10.0. The maximum Gasteiger partial charge on any atom is 0.410 e. The Labute approximate surface area is 120 Å². The van der Waals surface area contributed by atoms with Crippen molar-refractivity contribution in [3.63, 3.8) is 0 Å². The van der Waals surface area contributed by atoms with Gasteiger partial charge in [-0.15, -0.1) is 0 Å². The molecule has 0 aromatic heterocycles. The number of hydrogen-bond donors (Lipinski definition) is 1. The zero-order chi connectivity index (χ0) is 14.7. The van der Waals surface area contributed by atoms with E-state index in [1.807, 2.05) is 20.9 Å². The van der Waals surface area contributed by atoms with E-state index in [-0.39, 0.29) is 24.1 Å². The van der Waals surface area contributed by atoms with Crippen LogP contribution in [0.1, 0.15) is 33.1 Å². The normalized spacial score (nSPS) is 24.6. The molecular formula is C14H25N3O3. The zero-order valence-corrected chi connectivity index (χ0v) is 12.6. The van der Waals surface area contributed by atoms with E-state index in [2.05, 4.69) is 5.32 Å². The number of likely N-dealkylation sites (tertiary alicyclic amines) is 2. The number of nitrogens with one attached hydrogen (secondary N) is 1. The first kappa shape index (κ1) is 15.1. The minimum Gasteiger partial charge on any atom is -0.447 e. The molecule has 6 heteroatoms. The van der Waals surface area contributed by atoms with E-state index >= 15 is 0 Å². The molecule has 20 heavy (non-hydrogen) atoms. The Morgan fingerprint density at radius 2 is 1.90 bits per heavy atom. The minimum atomic E-state index is -0.227. The quantitative estimate of drug-likeness (QED) is 0.833. The summed E-state index contributed by atoms with van der Waals surface area (Å²) >= 11 is 0. The molecule has 0 saturated carbocycles. The van der Waals surface area contributed by atoms with E-state index in [1.165, 1.54) is 0 Å². The molecule has 0 radical (unpaired) electrons. The van der Waals surface area contributed by atoms with Gasteiger partial charge in [0.05, 0.1) is 12.1 Å². The second kappa shape index (κ2) is 6.43. The van der Waals surface area contributed by atoms with E-state index in [4.69, 9.17) is 4.74 Å². The van der Waals surface area contributed by atoms with Crippen molar-refractivity contribution in [1.29, 1.82) is 0 Å². The fourth-order valence-electron chi connectivity index (χ4n) is 2.77. The second-order valence-corrected chi connectivity index (χ2v) is 5.96. The molecule has 0 bridgehead atoms. The molecular weight excluding hydrogens is 258 g/mol. The zero-order valence-electron chi connectivity index (χ0n) is 12.6. The molecule has 0 aromatic rings. The fraction of sp³-hybridized carbons (Fsp3) is 0.857. The highest BCUT2D eigenvalue weighted by molar-refractivity contribution is 5.83. The predicted molar refractivity (Wildman–Crippen MR) is 75.4 cm³/mol. The van der Waals surface area contributed by atoms with Gasteiger partial charge in [-0.1, -0.05) is 0 Å². The first-order valence-corrected chi connectivity index (χ1v) is 7.44. The predicted octanol–water partition coefficient (Wildman–Crippen LogP) is 0.816. The topological polar surface area (TPSA) is 61.9 Å². The summed E-state index contributed by atoms with van der Waals surface area (Å²) in [5.41, 5.74) is 0. The van der Waals surface area contributed by atoms with Gasteiger partial charge >= 0.3 is 6.09 Å². The van der Waals surface area contributed by atoms with Gasteiger partial charge in [0, 0.05) is 32.7 Å². The molecule has 0 aliphatic carbocycles. The number of nitrogens with zero attached hydrogens (tertiary/aromatic N) is 2. The smallest absolute Gasteiger partial charge is 0.410 e. The van der Waals surface area contributed by atoms with Crippen LogP contribution in [0.2, 0.25) is 0 Å². The van der Waals surface area contributed by atoms with Crippen LogP contribution in [0.3, 0.4) is 0 Å². The van der Waals surface area contributed by atoms with Gasteiger partial charge in [-0.2, -0.15) is 0 Å². The Kier molecular flexibility index (Phi) is 4.86. The third-order valence-electron chi connectivity index (χ3n) is 3.95. The highest BCUT2D eigenvalue weighted by Gasteiger charge is 2.32. The van der Waals surface area contributed by atoms with Gasteiger partial charge in [0.25, 0.3) is 0 Å². The molecule has 2 rings (SSSR count). The number of hydrogen-bond acceptors (Lipinski definition) is 4. The van der Waals surface area contributed by atoms with Crippen LogP contribution in [0.5, 0.6) is 0 Å². The van der Waals surface area contributed by atoms with Crippen LogP contribution in [-0.2, 0) is 9.53 Å². The van der Waals surface area contributed by atoms with E-state index in [0.29, 0.717) is 19.1 Å². The molecule has 114 valence electrons. The van der Waals surface area contributed by atoms with Gasteiger partial charge in [0.2, 0.25) is 5.91 Å². The van der Waals surface area contributed by atoms with Crippen molar-refractivity contribution in [1.82, 2.24) is 15.1 Å². The summed E-state index contributed by atoms with van der Waals surface area (Å²) in [7, 11) is 1.84. The van der Waals surface area contributed by atoms with Gasteiger partial charge < -0.3 is 19.9 Å². The summed E-state index contributed by atoms with van der Waals surface area (Å²) in [6, 6.07) is 0.276. The van der Waals surface area contributed by atoms with Crippen molar-refractivity contribution in [3.05, 3.63) is 0 Å². The average molecular weight is 283 g/mol. The lowest BCUT2D eigenvalue weighted by Crippen LogP contribution is -2.49. The molecule has 0 aromatic carbocycles. The molecule has 6 nitrogen and oxygen atoms in total. The molecule has 0 spiro atoms. The van der Waals surface area contributed by atoms with Gasteiger partial charge in [0.1, 0.15) is 0 Å². The number of amides is 2. The van der Waals surface area contributed by atoms with Gasteiger partial charge in [-0.3, -0.25) is 4.79 Å². The fourth-order valence-corrected chi connectivity index (χ4v) is 2.77. The molecule has 2 heterocycles. The van der Waals surface area contributed by atoms with Crippen LogP contribution in [0, 0.1) is 0 Å². The highest BCUT2D eigenvalue weighted by atomic mass is 16.6. The maximum absolute atomic E-state index is 11.9. The van der Waals surface area contributed by atoms with Gasteiger partial charge in [-0.05, 0) is 33.1 Å². The van der Waals surface area contributed by atoms with Crippen molar-refractivity contribution < 1.29 is 14.3 Å². The summed E-state index contributed by atoms with van der Waals surface area (Å²) < 4.78 is 5.20. The number of rotatable bonds is 3. The first-order valence-electron chi connectivity index (χ1n) is 7.44. The number of ether oxygens (including phenoxy) is 1. The molecule has 2 saturated heterocycles. The number of likely N-dealkylation sites (N-methyl/N-ethyl adjacent to an activating group) is 1. The van der Waals surface area contributed by atoms with Crippen molar-refractivity contribution in [2.45, 2.75) is 51.3 Å². The van der Waals surface area contributed by atoms with Crippen LogP contribution < -0.4 is 5.32 Å². The summed E-state index contributed by atoms with van der Waals surface area (Å²) in [4.78, 5) is 27.2. The highest BCUT2D eigenvalue weighted by Crippen LogP contribution is 2.16. The van der Waals surface area contributed by atoms with Crippen LogP contribution in [0.4, 0.5) is 4.79 Å². The molecule has 0 unspecified atom stereocenters.